The Labute approximate surface area is 201 Å². The van der Waals surface area contributed by atoms with Crippen LogP contribution in [-0.4, -0.2) is 43.0 Å². The van der Waals surface area contributed by atoms with E-state index in [4.69, 9.17) is 19.2 Å². The Balaban J connectivity index is 1.42. The summed E-state index contributed by atoms with van der Waals surface area (Å²) in [5, 5.41) is 9.68. The molecule has 1 aliphatic heterocycles. The van der Waals surface area contributed by atoms with Crippen molar-refractivity contribution in [3.05, 3.63) is 77.2 Å². The molecule has 1 saturated heterocycles. The Hall–Kier alpha value is -3.27. The van der Waals surface area contributed by atoms with Crippen molar-refractivity contribution in [1.29, 1.82) is 5.26 Å². The molecule has 6 nitrogen and oxygen atoms in total. The third-order valence-corrected chi connectivity index (χ3v) is 6.01. The fourth-order valence-corrected chi connectivity index (χ4v) is 4.08. The number of rotatable bonds is 10. The molecule has 2 heterocycles. The Kier molecular flexibility index (Phi) is 8.61. The number of aromatic nitrogens is 2. The van der Waals surface area contributed by atoms with E-state index >= 15 is 0 Å². The number of hydrogen-bond donors (Lipinski definition) is 0. The molecule has 0 radical (unpaired) electrons. The maximum atomic E-state index is 9.68. The molecule has 1 aliphatic rings. The van der Waals surface area contributed by atoms with Crippen molar-refractivity contribution in [2.45, 2.75) is 44.6 Å². The molecule has 4 rings (SSSR count). The van der Waals surface area contributed by atoms with Crippen LogP contribution in [0.1, 0.15) is 48.2 Å². The molecule has 0 N–H and O–H groups in total. The highest BCUT2D eigenvalue weighted by Crippen LogP contribution is 2.27. The number of methoxy groups -OCH3 is 1. The van der Waals surface area contributed by atoms with Gasteiger partial charge in [0.25, 0.3) is 0 Å². The third kappa shape index (κ3) is 6.63. The van der Waals surface area contributed by atoms with Crippen LogP contribution in [0, 0.1) is 11.3 Å². The van der Waals surface area contributed by atoms with Crippen LogP contribution >= 0.6 is 0 Å². The van der Waals surface area contributed by atoms with Gasteiger partial charge < -0.3 is 14.2 Å². The molecule has 2 aromatic carbocycles. The summed E-state index contributed by atoms with van der Waals surface area (Å²) in [6, 6.07) is 18.5. The van der Waals surface area contributed by atoms with Gasteiger partial charge in [-0.2, -0.15) is 5.26 Å². The summed E-state index contributed by atoms with van der Waals surface area (Å²) in [4.78, 5) is 9.22. The molecule has 1 fully saturated rings. The van der Waals surface area contributed by atoms with Crippen molar-refractivity contribution < 1.29 is 14.2 Å². The number of benzene rings is 2. The molecular weight excluding hydrogens is 426 g/mol. The number of nitrogens with zero attached hydrogens (tertiary/aromatic N) is 3. The van der Waals surface area contributed by atoms with Gasteiger partial charge >= 0.3 is 0 Å². The van der Waals surface area contributed by atoms with E-state index in [2.05, 4.69) is 35.3 Å². The molecule has 0 bridgehead atoms. The zero-order valence-electron chi connectivity index (χ0n) is 19.7. The van der Waals surface area contributed by atoms with Gasteiger partial charge in [-0.05, 0) is 54.7 Å². The summed E-state index contributed by atoms with van der Waals surface area (Å²) in [5.41, 5.74) is 4.71. The molecule has 0 aliphatic carbocycles. The first-order chi connectivity index (χ1) is 16.7. The van der Waals surface area contributed by atoms with Crippen molar-refractivity contribution in [3.8, 4) is 23.1 Å². The maximum Gasteiger partial charge on any atom is 0.137 e. The highest BCUT2D eigenvalue weighted by molar-refractivity contribution is 5.64. The molecule has 0 amide bonds. The summed E-state index contributed by atoms with van der Waals surface area (Å²) in [6.45, 7) is 2.21. The number of aryl methyl sites for hydroxylation is 1. The first-order valence-electron chi connectivity index (χ1n) is 11.9. The van der Waals surface area contributed by atoms with Crippen LogP contribution < -0.4 is 4.74 Å². The predicted octanol–water partition coefficient (Wildman–Crippen LogP) is 5.13. The minimum Gasteiger partial charge on any atom is -0.489 e. The lowest BCUT2D eigenvalue weighted by molar-refractivity contribution is 0.0254. The molecular formula is C28H31N3O3. The molecule has 0 atom stereocenters. The average Bonchev–Trinajstić information content (AvgIpc) is 2.88. The van der Waals surface area contributed by atoms with E-state index in [0.29, 0.717) is 30.9 Å². The van der Waals surface area contributed by atoms with Gasteiger partial charge in [0.15, 0.2) is 0 Å². The van der Waals surface area contributed by atoms with Crippen LogP contribution in [0.2, 0.25) is 0 Å². The third-order valence-electron chi connectivity index (χ3n) is 6.01. The number of hydrogen-bond acceptors (Lipinski definition) is 6. The molecule has 0 saturated carbocycles. The second kappa shape index (κ2) is 12.3. The molecule has 3 aromatic rings. The second-order valence-electron chi connectivity index (χ2n) is 8.55. The Morgan fingerprint density at radius 2 is 1.82 bits per heavy atom. The molecule has 1 aromatic heterocycles. The highest BCUT2D eigenvalue weighted by atomic mass is 16.5. The Bertz CT molecular complexity index is 1100. The van der Waals surface area contributed by atoms with E-state index in [1.165, 1.54) is 11.1 Å². The summed E-state index contributed by atoms with van der Waals surface area (Å²) < 4.78 is 16.6. The van der Waals surface area contributed by atoms with Crippen molar-refractivity contribution in [2.75, 3.05) is 26.9 Å². The van der Waals surface area contributed by atoms with Gasteiger partial charge in [-0.1, -0.05) is 24.3 Å². The smallest absolute Gasteiger partial charge is 0.137 e. The number of nitriles is 1. The van der Waals surface area contributed by atoms with E-state index in [-0.39, 0.29) is 6.10 Å². The minimum absolute atomic E-state index is 0.0918. The molecule has 176 valence electrons. The van der Waals surface area contributed by atoms with Crippen molar-refractivity contribution in [2.24, 2.45) is 0 Å². The van der Waals surface area contributed by atoms with Gasteiger partial charge in [-0.3, -0.25) is 0 Å². The van der Waals surface area contributed by atoms with Gasteiger partial charge in [0.2, 0.25) is 0 Å². The number of unbranched alkanes of at least 4 members (excludes halogenated alkanes) is 1. The summed E-state index contributed by atoms with van der Waals surface area (Å²) in [6.07, 6.45) is 7.48. The molecule has 0 spiro atoms. The van der Waals surface area contributed by atoms with E-state index < -0.39 is 0 Å². The van der Waals surface area contributed by atoms with E-state index in [9.17, 15) is 5.26 Å². The summed E-state index contributed by atoms with van der Waals surface area (Å²) in [5.74, 6) is 1.38. The predicted molar refractivity (Wildman–Crippen MR) is 131 cm³/mol. The normalized spacial score (nSPS) is 14.0. The summed E-state index contributed by atoms with van der Waals surface area (Å²) in [7, 11) is 1.74. The van der Waals surface area contributed by atoms with Gasteiger partial charge in [-0.25, -0.2) is 9.97 Å². The second-order valence-corrected chi connectivity index (χ2v) is 8.55. The zero-order valence-corrected chi connectivity index (χ0v) is 19.7. The summed E-state index contributed by atoms with van der Waals surface area (Å²) >= 11 is 0. The zero-order chi connectivity index (χ0) is 23.6. The Morgan fingerprint density at radius 1 is 1.03 bits per heavy atom. The van der Waals surface area contributed by atoms with Gasteiger partial charge in [-0.15, -0.1) is 0 Å². The quantitative estimate of drug-likeness (QED) is 0.393. The highest BCUT2D eigenvalue weighted by Gasteiger charge is 2.17. The van der Waals surface area contributed by atoms with Gasteiger partial charge in [0.1, 0.15) is 23.7 Å². The lowest BCUT2D eigenvalue weighted by Crippen LogP contribution is -2.26. The molecule has 0 unspecified atom stereocenters. The van der Waals surface area contributed by atoms with E-state index in [1.54, 1.807) is 13.3 Å². The largest absolute Gasteiger partial charge is 0.489 e. The Morgan fingerprint density at radius 3 is 2.59 bits per heavy atom. The SMILES string of the molecule is COCCCCc1ccc(Cc2nccc(-c3ccc(OC4CCOCC4)c(C#N)c3)n2)cc1. The van der Waals surface area contributed by atoms with Crippen molar-refractivity contribution >= 4 is 0 Å². The topological polar surface area (TPSA) is 77.3 Å². The minimum atomic E-state index is 0.0918. The van der Waals surface area contributed by atoms with Crippen LogP contribution in [0.3, 0.4) is 0 Å². The maximum absolute atomic E-state index is 9.68. The fourth-order valence-electron chi connectivity index (χ4n) is 4.08. The molecule has 34 heavy (non-hydrogen) atoms. The van der Waals surface area contributed by atoms with Crippen LogP contribution in [-0.2, 0) is 22.3 Å². The average molecular weight is 458 g/mol. The van der Waals surface area contributed by atoms with E-state index in [0.717, 1.165) is 55.8 Å². The fraction of sp³-hybridized carbons (Fsp3) is 0.393. The lowest BCUT2D eigenvalue weighted by Gasteiger charge is -2.23. The van der Waals surface area contributed by atoms with Crippen LogP contribution in [0.4, 0.5) is 0 Å². The van der Waals surface area contributed by atoms with Gasteiger partial charge in [0.05, 0.1) is 24.5 Å². The van der Waals surface area contributed by atoms with Crippen LogP contribution in [0.25, 0.3) is 11.3 Å². The van der Waals surface area contributed by atoms with Crippen LogP contribution in [0.15, 0.2) is 54.7 Å². The first kappa shape index (κ1) is 23.9. The van der Waals surface area contributed by atoms with E-state index in [1.807, 2.05) is 24.3 Å². The first-order valence-corrected chi connectivity index (χ1v) is 11.9. The van der Waals surface area contributed by atoms with Crippen LogP contribution in [0.5, 0.6) is 5.75 Å². The monoisotopic (exact) mass is 457 g/mol. The van der Waals surface area contributed by atoms with Crippen molar-refractivity contribution in [1.82, 2.24) is 9.97 Å². The molecule has 6 heteroatoms. The lowest BCUT2D eigenvalue weighted by atomic mass is 10.0. The van der Waals surface area contributed by atoms with Crippen molar-refractivity contribution in [3.63, 3.8) is 0 Å². The number of ether oxygens (including phenoxy) is 3. The standard InChI is InChI=1S/C28H31N3O3/c1-32-15-3-2-4-21-5-7-22(8-6-21)18-28-30-14-11-26(31-28)23-9-10-27(24(19-23)20-29)34-25-12-16-33-17-13-25/h5-11,14,19,25H,2-4,12-13,15-18H2,1H3. The van der Waals surface area contributed by atoms with Gasteiger partial charge in [0, 0.05) is 44.7 Å².